The van der Waals surface area contributed by atoms with E-state index in [1.165, 1.54) is 61.4 Å². The van der Waals surface area contributed by atoms with E-state index in [0.29, 0.717) is 10.7 Å². The molecule has 0 spiro atoms. The normalized spacial score (nSPS) is 27.0. The first-order valence-corrected chi connectivity index (χ1v) is 9.86. The van der Waals surface area contributed by atoms with Gasteiger partial charge < -0.3 is 10.6 Å². The van der Waals surface area contributed by atoms with Crippen molar-refractivity contribution in [1.29, 1.82) is 0 Å². The van der Waals surface area contributed by atoms with Crippen molar-refractivity contribution < 1.29 is 0 Å². The summed E-state index contributed by atoms with van der Waals surface area (Å²) in [6.45, 7) is 0. The van der Waals surface area contributed by atoms with Crippen molar-refractivity contribution in [3.05, 3.63) is 24.3 Å². The molecule has 2 saturated heterocycles. The molecule has 0 aliphatic carbocycles. The molecule has 2 nitrogen and oxygen atoms in total. The minimum atomic E-state index is 0.608. The molecule has 0 bridgehead atoms. The Hall–Kier alpha value is -0.480. The van der Waals surface area contributed by atoms with Crippen LogP contribution in [0.5, 0.6) is 0 Å². The van der Waals surface area contributed by atoms with E-state index in [1.807, 2.05) is 0 Å². The van der Waals surface area contributed by atoms with Crippen LogP contribution in [0.4, 0.5) is 11.4 Å². The quantitative estimate of drug-likeness (QED) is 0.817. The maximum atomic E-state index is 3.64. The largest absolute Gasteiger partial charge is 0.373 e. The molecule has 2 aliphatic rings. The highest BCUT2D eigenvalue weighted by Crippen LogP contribution is 2.29. The first kappa shape index (κ1) is 14.5. The van der Waals surface area contributed by atoms with Crippen molar-refractivity contribution in [3.63, 3.8) is 0 Å². The van der Waals surface area contributed by atoms with Gasteiger partial charge in [-0.1, -0.05) is 0 Å². The second-order valence-electron chi connectivity index (χ2n) is 5.58. The second kappa shape index (κ2) is 7.51. The van der Waals surface area contributed by atoms with E-state index >= 15 is 0 Å². The third-order valence-electron chi connectivity index (χ3n) is 3.90. The summed E-state index contributed by atoms with van der Waals surface area (Å²) in [5.74, 6) is 2.60. The molecule has 20 heavy (non-hydrogen) atoms. The zero-order valence-electron chi connectivity index (χ0n) is 11.9. The van der Waals surface area contributed by atoms with Crippen LogP contribution in [0.3, 0.4) is 0 Å². The minimum absolute atomic E-state index is 0.608. The van der Waals surface area contributed by atoms with Gasteiger partial charge in [-0.05, 0) is 74.3 Å². The Morgan fingerprint density at radius 3 is 1.50 bits per heavy atom. The highest BCUT2D eigenvalue weighted by molar-refractivity contribution is 8.00. The number of benzene rings is 1. The van der Waals surface area contributed by atoms with Crippen LogP contribution in [-0.2, 0) is 0 Å². The van der Waals surface area contributed by atoms with Crippen molar-refractivity contribution in [2.75, 3.05) is 22.1 Å². The van der Waals surface area contributed by atoms with E-state index in [1.54, 1.807) is 0 Å². The zero-order chi connectivity index (χ0) is 13.6. The van der Waals surface area contributed by atoms with Gasteiger partial charge in [-0.2, -0.15) is 0 Å². The fourth-order valence-electron chi connectivity index (χ4n) is 2.74. The fraction of sp³-hybridized carbons (Fsp3) is 0.625. The summed E-state index contributed by atoms with van der Waals surface area (Å²) >= 11 is 4.12. The predicted molar refractivity (Wildman–Crippen MR) is 93.9 cm³/mol. The van der Waals surface area contributed by atoms with E-state index in [0.717, 1.165) is 0 Å². The van der Waals surface area contributed by atoms with Gasteiger partial charge >= 0.3 is 0 Å². The summed E-state index contributed by atoms with van der Waals surface area (Å²) in [7, 11) is 0. The van der Waals surface area contributed by atoms with Crippen LogP contribution >= 0.6 is 23.5 Å². The molecule has 110 valence electrons. The zero-order valence-corrected chi connectivity index (χ0v) is 13.6. The molecule has 1 aromatic rings. The second-order valence-corrected chi connectivity index (χ2v) is 8.20. The molecule has 2 N–H and O–H groups in total. The van der Waals surface area contributed by atoms with E-state index in [9.17, 15) is 0 Å². The van der Waals surface area contributed by atoms with Crippen LogP contribution in [-0.4, -0.2) is 22.3 Å². The topological polar surface area (TPSA) is 24.1 Å². The predicted octanol–water partition coefficient (Wildman–Crippen LogP) is 5.00. The van der Waals surface area contributed by atoms with Gasteiger partial charge in [0.1, 0.15) is 0 Å². The molecule has 4 heteroatoms. The number of nitrogens with one attached hydrogen (secondary N) is 2. The molecule has 0 amide bonds. The SMILES string of the molecule is c1cc(NC2CCCCS2)ccc1NC1CCCCS1. The monoisotopic (exact) mass is 308 g/mol. The summed E-state index contributed by atoms with van der Waals surface area (Å²) in [5.41, 5.74) is 2.51. The Morgan fingerprint density at radius 2 is 1.15 bits per heavy atom. The van der Waals surface area contributed by atoms with Gasteiger partial charge in [0.2, 0.25) is 0 Å². The van der Waals surface area contributed by atoms with Crippen LogP contribution in [0.2, 0.25) is 0 Å². The van der Waals surface area contributed by atoms with Gasteiger partial charge in [-0.3, -0.25) is 0 Å². The Kier molecular flexibility index (Phi) is 5.43. The Bertz CT molecular complexity index is 356. The molecule has 2 atom stereocenters. The lowest BCUT2D eigenvalue weighted by Crippen LogP contribution is -2.20. The van der Waals surface area contributed by atoms with Crippen molar-refractivity contribution in [3.8, 4) is 0 Å². The van der Waals surface area contributed by atoms with Crippen molar-refractivity contribution in [2.45, 2.75) is 49.3 Å². The van der Waals surface area contributed by atoms with Gasteiger partial charge in [-0.25, -0.2) is 0 Å². The standard InChI is InChI=1S/C16H24N2S2/c1-3-11-19-15(5-1)17-13-7-9-14(10-8-13)18-16-6-2-4-12-20-16/h7-10,15-18H,1-6,11-12H2. The van der Waals surface area contributed by atoms with Gasteiger partial charge in [-0.15, -0.1) is 23.5 Å². The molecular weight excluding hydrogens is 284 g/mol. The summed E-state index contributed by atoms with van der Waals surface area (Å²) in [4.78, 5) is 0. The molecule has 0 aromatic heterocycles. The smallest absolute Gasteiger partial charge is 0.0722 e. The van der Waals surface area contributed by atoms with Gasteiger partial charge in [0.15, 0.2) is 0 Å². The maximum Gasteiger partial charge on any atom is 0.0722 e. The molecule has 2 unspecified atom stereocenters. The number of thioether (sulfide) groups is 2. The van der Waals surface area contributed by atoms with Crippen molar-refractivity contribution in [2.24, 2.45) is 0 Å². The number of hydrogen-bond acceptors (Lipinski definition) is 4. The minimum Gasteiger partial charge on any atom is -0.373 e. The summed E-state index contributed by atoms with van der Waals surface area (Å²) in [6, 6.07) is 8.85. The van der Waals surface area contributed by atoms with E-state index in [-0.39, 0.29) is 0 Å². The highest BCUT2D eigenvalue weighted by Gasteiger charge is 2.14. The third-order valence-corrected chi connectivity index (χ3v) is 6.46. The van der Waals surface area contributed by atoms with Crippen molar-refractivity contribution in [1.82, 2.24) is 0 Å². The first-order valence-electron chi connectivity index (χ1n) is 7.76. The molecule has 2 heterocycles. The van der Waals surface area contributed by atoms with Crippen molar-refractivity contribution >= 4 is 34.9 Å². The lowest BCUT2D eigenvalue weighted by Gasteiger charge is -2.25. The Balaban J connectivity index is 1.51. The van der Waals surface area contributed by atoms with E-state index in [4.69, 9.17) is 0 Å². The molecule has 2 fully saturated rings. The van der Waals surface area contributed by atoms with Gasteiger partial charge in [0.25, 0.3) is 0 Å². The third kappa shape index (κ3) is 4.26. The maximum absolute atomic E-state index is 3.64. The molecule has 1 aromatic carbocycles. The molecule has 0 radical (unpaired) electrons. The van der Waals surface area contributed by atoms with Crippen LogP contribution in [0, 0.1) is 0 Å². The van der Waals surface area contributed by atoms with Crippen LogP contribution in [0.15, 0.2) is 24.3 Å². The van der Waals surface area contributed by atoms with E-state index in [2.05, 4.69) is 58.4 Å². The average Bonchev–Trinajstić information content (AvgIpc) is 2.51. The van der Waals surface area contributed by atoms with Gasteiger partial charge in [0, 0.05) is 11.4 Å². The lowest BCUT2D eigenvalue weighted by atomic mass is 10.2. The van der Waals surface area contributed by atoms with Crippen LogP contribution in [0.1, 0.15) is 38.5 Å². The van der Waals surface area contributed by atoms with E-state index < -0.39 is 0 Å². The fourth-order valence-corrected chi connectivity index (χ4v) is 5.16. The summed E-state index contributed by atoms with van der Waals surface area (Å²) < 4.78 is 0. The number of hydrogen-bond donors (Lipinski definition) is 2. The lowest BCUT2D eigenvalue weighted by molar-refractivity contribution is 0.699. The van der Waals surface area contributed by atoms with Crippen LogP contribution < -0.4 is 10.6 Å². The highest BCUT2D eigenvalue weighted by atomic mass is 32.2. The summed E-state index contributed by atoms with van der Waals surface area (Å²) in [5, 5.41) is 8.50. The number of anilines is 2. The number of rotatable bonds is 4. The first-order chi connectivity index (χ1) is 9.90. The average molecular weight is 309 g/mol. The Morgan fingerprint density at radius 1 is 0.700 bits per heavy atom. The van der Waals surface area contributed by atoms with Crippen LogP contribution in [0.25, 0.3) is 0 Å². The molecule has 2 aliphatic heterocycles. The molecular formula is C16H24N2S2. The Labute approximate surface area is 130 Å². The molecule has 0 saturated carbocycles. The summed E-state index contributed by atoms with van der Waals surface area (Å²) in [6.07, 6.45) is 8.08. The molecule has 3 rings (SSSR count). The van der Waals surface area contributed by atoms with Gasteiger partial charge in [0.05, 0.1) is 10.7 Å².